The maximum Gasteiger partial charge on any atom is 0.326 e. The van der Waals surface area contributed by atoms with E-state index < -0.39 is 23.5 Å². The first-order valence-corrected chi connectivity index (χ1v) is 8.31. The number of hydrogen-bond acceptors (Lipinski definition) is 3. The van der Waals surface area contributed by atoms with Crippen molar-refractivity contribution in [3.05, 3.63) is 33.2 Å². The molecule has 0 saturated heterocycles. The second kappa shape index (κ2) is 7.94. The number of aromatic amines is 1. The van der Waals surface area contributed by atoms with Gasteiger partial charge < -0.3 is 15.4 Å². The molecular formula is C17H24N2O4. The average Bonchev–Trinajstić information content (AvgIpc) is 2.74. The van der Waals surface area contributed by atoms with Gasteiger partial charge in [-0.1, -0.05) is 26.2 Å². The summed E-state index contributed by atoms with van der Waals surface area (Å²) in [5, 5.41) is 11.7. The van der Waals surface area contributed by atoms with Crippen LogP contribution in [0.2, 0.25) is 0 Å². The molecule has 1 aliphatic carbocycles. The predicted octanol–water partition coefficient (Wildman–Crippen LogP) is 2.02. The van der Waals surface area contributed by atoms with Crippen molar-refractivity contribution in [2.24, 2.45) is 0 Å². The first-order chi connectivity index (χ1) is 11.0. The molecule has 0 aromatic carbocycles. The van der Waals surface area contributed by atoms with E-state index >= 15 is 0 Å². The molecular weight excluding hydrogens is 296 g/mol. The molecule has 6 heteroatoms. The van der Waals surface area contributed by atoms with E-state index in [1.54, 1.807) is 6.07 Å². The van der Waals surface area contributed by atoms with Crippen LogP contribution in [0.3, 0.4) is 0 Å². The second-order valence-electron chi connectivity index (χ2n) is 6.08. The van der Waals surface area contributed by atoms with Gasteiger partial charge in [-0.2, -0.15) is 0 Å². The van der Waals surface area contributed by atoms with Crippen LogP contribution in [-0.2, 0) is 17.6 Å². The minimum absolute atomic E-state index is 0.00778. The third-order valence-corrected chi connectivity index (χ3v) is 4.28. The third-order valence-electron chi connectivity index (χ3n) is 4.28. The molecule has 1 aliphatic rings. The van der Waals surface area contributed by atoms with E-state index in [1.807, 2.05) is 6.92 Å². The molecule has 0 unspecified atom stereocenters. The van der Waals surface area contributed by atoms with Crippen LogP contribution in [-0.4, -0.2) is 28.0 Å². The Labute approximate surface area is 135 Å². The van der Waals surface area contributed by atoms with Crippen LogP contribution in [0.25, 0.3) is 0 Å². The first-order valence-electron chi connectivity index (χ1n) is 8.31. The Morgan fingerprint density at radius 2 is 2.04 bits per heavy atom. The van der Waals surface area contributed by atoms with Gasteiger partial charge in [0.15, 0.2) is 0 Å². The van der Waals surface area contributed by atoms with Gasteiger partial charge in [0.2, 0.25) is 0 Å². The highest BCUT2D eigenvalue weighted by molar-refractivity contribution is 5.96. The molecule has 126 valence electrons. The topological polar surface area (TPSA) is 99.3 Å². The van der Waals surface area contributed by atoms with E-state index in [9.17, 15) is 19.5 Å². The lowest BCUT2D eigenvalue weighted by Gasteiger charge is -2.14. The zero-order valence-corrected chi connectivity index (χ0v) is 13.5. The number of carbonyl (C=O) groups excluding carboxylic acids is 1. The van der Waals surface area contributed by atoms with Gasteiger partial charge in [0.1, 0.15) is 11.6 Å². The molecule has 1 amide bonds. The first kappa shape index (κ1) is 17.2. The zero-order valence-electron chi connectivity index (χ0n) is 13.5. The highest BCUT2D eigenvalue weighted by Gasteiger charge is 2.22. The van der Waals surface area contributed by atoms with E-state index in [0.29, 0.717) is 12.8 Å². The molecule has 6 nitrogen and oxygen atoms in total. The number of aryl methyl sites for hydroxylation is 2. The minimum atomic E-state index is -1.07. The third kappa shape index (κ3) is 4.43. The van der Waals surface area contributed by atoms with Crippen molar-refractivity contribution >= 4 is 11.9 Å². The van der Waals surface area contributed by atoms with Crippen LogP contribution < -0.4 is 10.9 Å². The molecule has 23 heavy (non-hydrogen) atoms. The van der Waals surface area contributed by atoms with E-state index in [0.717, 1.165) is 49.8 Å². The molecule has 0 radical (unpaired) electrons. The molecule has 3 N–H and O–H groups in total. The van der Waals surface area contributed by atoms with Crippen molar-refractivity contribution < 1.29 is 14.7 Å². The SMILES string of the molecule is CCCC[C@H](NC(=O)c1cc2c([nH]c1=O)CCCCC2)C(=O)O. The maximum absolute atomic E-state index is 12.3. The Hall–Kier alpha value is -2.11. The number of unbranched alkanes of at least 4 members (excludes halogenated alkanes) is 1. The summed E-state index contributed by atoms with van der Waals surface area (Å²) in [6.45, 7) is 1.96. The van der Waals surface area contributed by atoms with Crippen LogP contribution >= 0.6 is 0 Å². The Bertz CT molecular complexity index is 636. The molecule has 1 atom stereocenters. The highest BCUT2D eigenvalue weighted by Crippen LogP contribution is 2.18. The van der Waals surface area contributed by atoms with Crippen LogP contribution in [0.5, 0.6) is 0 Å². The van der Waals surface area contributed by atoms with Crippen LogP contribution in [0.4, 0.5) is 0 Å². The summed E-state index contributed by atoms with van der Waals surface area (Å²) in [6.07, 6.45) is 6.75. The van der Waals surface area contributed by atoms with Gasteiger partial charge in [-0.25, -0.2) is 4.79 Å². The number of nitrogens with one attached hydrogen (secondary N) is 2. The quantitative estimate of drug-likeness (QED) is 0.698. The number of amides is 1. The standard InChI is InChI=1S/C17H24N2O4/c1-2-3-8-14(17(22)23)19-16(21)12-10-11-7-5-4-6-9-13(11)18-15(12)20/h10,14H,2-9H2,1H3,(H,18,20)(H,19,21)(H,22,23)/t14-/m0/s1. The summed E-state index contributed by atoms with van der Waals surface area (Å²) >= 11 is 0. The summed E-state index contributed by atoms with van der Waals surface area (Å²) in [6, 6.07) is 0.675. The molecule has 0 spiro atoms. The van der Waals surface area contributed by atoms with Crippen molar-refractivity contribution in [2.45, 2.75) is 64.3 Å². The fraction of sp³-hybridized carbons (Fsp3) is 0.588. The largest absolute Gasteiger partial charge is 0.480 e. The van der Waals surface area contributed by atoms with Gasteiger partial charge in [-0.3, -0.25) is 9.59 Å². The normalized spacial score (nSPS) is 15.3. The molecule has 1 aromatic rings. The predicted molar refractivity (Wildman–Crippen MR) is 86.7 cm³/mol. The van der Waals surface area contributed by atoms with Gasteiger partial charge in [-0.15, -0.1) is 0 Å². The second-order valence-corrected chi connectivity index (χ2v) is 6.08. The maximum atomic E-state index is 12.3. The highest BCUT2D eigenvalue weighted by atomic mass is 16.4. The summed E-state index contributed by atoms with van der Waals surface area (Å²) in [7, 11) is 0. The Morgan fingerprint density at radius 3 is 2.74 bits per heavy atom. The van der Waals surface area contributed by atoms with Crippen LogP contribution in [0.15, 0.2) is 10.9 Å². The summed E-state index contributed by atoms with van der Waals surface area (Å²) in [5.41, 5.74) is 1.47. The van der Waals surface area contributed by atoms with Crippen molar-refractivity contribution in [2.75, 3.05) is 0 Å². The molecule has 0 fully saturated rings. The number of hydrogen-bond donors (Lipinski definition) is 3. The van der Waals surface area contributed by atoms with Gasteiger partial charge >= 0.3 is 5.97 Å². The molecule has 2 rings (SSSR count). The van der Waals surface area contributed by atoms with E-state index in [4.69, 9.17) is 0 Å². The fourth-order valence-electron chi connectivity index (χ4n) is 2.92. The number of H-pyrrole nitrogens is 1. The molecule has 0 saturated carbocycles. The number of pyridine rings is 1. The summed E-state index contributed by atoms with van der Waals surface area (Å²) < 4.78 is 0. The summed E-state index contributed by atoms with van der Waals surface area (Å²) in [5.74, 6) is -1.68. The van der Waals surface area contributed by atoms with Crippen LogP contribution in [0, 0.1) is 0 Å². The lowest BCUT2D eigenvalue weighted by Crippen LogP contribution is -2.42. The Balaban J connectivity index is 2.20. The van der Waals surface area contributed by atoms with Crippen molar-refractivity contribution in [1.82, 2.24) is 10.3 Å². The number of carbonyl (C=O) groups is 2. The van der Waals surface area contributed by atoms with E-state index in [-0.39, 0.29) is 5.56 Å². The van der Waals surface area contributed by atoms with Crippen molar-refractivity contribution in [3.63, 3.8) is 0 Å². The number of fused-ring (bicyclic) bond motifs is 1. The number of aromatic nitrogens is 1. The summed E-state index contributed by atoms with van der Waals surface area (Å²) in [4.78, 5) is 38.5. The van der Waals surface area contributed by atoms with E-state index in [1.165, 1.54) is 0 Å². The number of carboxylic acids is 1. The van der Waals surface area contributed by atoms with Crippen molar-refractivity contribution in [1.29, 1.82) is 0 Å². The lowest BCUT2D eigenvalue weighted by molar-refractivity contribution is -0.139. The number of aliphatic carboxylic acids is 1. The zero-order chi connectivity index (χ0) is 16.8. The molecule has 1 aromatic heterocycles. The van der Waals surface area contributed by atoms with Gasteiger partial charge in [-0.05, 0) is 43.7 Å². The monoisotopic (exact) mass is 320 g/mol. The number of carboxylic acid groups (broad SMARTS) is 1. The average molecular weight is 320 g/mol. The molecule has 1 heterocycles. The Kier molecular flexibility index (Phi) is 5.96. The van der Waals surface area contributed by atoms with Crippen LogP contribution in [0.1, 0.15) is 67.1 Å². The molecule has 0 bridgehead atoms. The number of rotatable bonds is 6. The van der Waals surface area contributed by atoms with Crippen molar-refractivity contribution in [3.8, 4) is 0 Å². The fourth-order valence-corrected chi connectivity index (χ4v) is 2.92. The van der Waals surface area contributed by atoms with E-state index in [2.05, 4.69) is 10.3 Å². The Morgan fingerprint density at radius 1 is 1.30 bits per heavy atom. The van der Waals surface area contributed by atoms with Gasteiger partial charge in [0.25, 0.3) is 11.5 Å². The van der Waals surface area contributed by atoms with Gasteiger partial charge in [0.05, 0.1) is 0 Å². The smallest absolute Gasteiger partial charge is 0.326 e. The lowest BCUT2D eigenvalue weighted by atomic mass is 10.0. The van der Waals surface area contributed by atoms with Gasteiger partial charge in [0, 0.05) is 5.69 Å². The molecule has 0 aliphatic heterocycles. The minimum Gasteiger partial charge on any atom is -0.480 e.